The molecule has 3 heteroatoms. The molecule has 0 radical (unpaired) electrons. The van der Waals surface area contributed by atoms with Gasteiger partial charge in [-0.05, 0) is 57.5 Å². The number of benzene rings is 1. The van der Waals surface area contributed by atoms with Gasteiger partial charge in [-0.3, -0.25) is 9.69 Å². The number of rotatable bonds is 3. The van der Waals surface area contributed by atoms with Gasteiger partial charge in [0.15, 0.2) is 5.78 Å². The first-order valence-electron chi connectivity index (χ1n) is 6.65. The number of carbonyl (C=O) groups is 1. The number of nitrogens with zero attached hydrogens (tertiary/aromatic N) is 1. The molecule has 0 aliphatic carbocycles. The van der Waals surface area contributed by atoms with Crippen LogP contribution in [-0.4, -0.2) is 29.3 Å². The predicted octanol–water partition coefficient (Wildman–Crippen LogP) is 3.27. The van der Waals surface area contributed by atoms with Gasteiger partial charge in [0.05, 0.1) is 6.04 Å². The van der Waals surface area contributed by atoms with E-state index in [0.717, 1.165) is 19.4 Å². The molecule has 1 aliphatic heterocycles. The highest BCUT2D eigenvalue weighted by Crippen LogP contribution is 2.21. The molecule has 0 aromatic heterocycles. The zero-order valence-electron chi connectivity index (χ0n) is 11.0. The van der Waals surface area contributed by atoms with Gasteiger partial charge in [0.2, 0.25) is 0 Å². The van der Waals surface area contributed by atoms with E-state index >= 15 is 0 Å². The molecule has 1 saturated heterocycles. The van der Waals surface area contributed by atoms with E-state index in [9.17, 15) is 9.18 Å². The Morgan fingerprint density at radius 2 is 2.00 bits per heavy atom. The molecule has 18 heavy (non-hydrogen) atoms. The van der Waals surface area contributed by atoms with E-state index in [-0.39, 0.29) is 17.6 Å². The summed E-state index contributed by atoms with van der Waals surface area (Å²) in [6, 6.07) is 6.17. The quantitative estimate of drug-likeness (QED) is 0.766. The summed E-state index contributed by atoms with van der Waals surface area (Å²) >= 11 is 0. The van der Waals surface area contributed by atoms with E-state index in [2.05, 4.69) is 11.8 Å². The summed E-state index contributed by atoms with van der Waals surface area (Å²) in [7, 11) is 0. The van der Waals surface area contributed by atoms with E-state index in [0.29, 0.717) is 11.6 Å². The number of hydrogen-bond donors (Lipinski definition) is 0. The molecule has 0 bridgehead atoms. The lowest BCUT2D eigenvalue weighted by atomic mass is 9.97. The highest BCUT2D eigenvalue weighted by molar-refractivity contribution is 5.99. The average molecular weight is 249 g/mol. The highest BCUT2D eigenvalue weighted by atomic mass is 19.1. The van der Waals surface area contributed by atoms with Crippen molar-refractivity contribution in [3.63, 3.8) is 0 Å². The summed E-state index contributed by atoms with van der Waals surface area (Å²) in [5.41, 5.74) is 0.599. The third-order valence-electron chi connectivity index (χ3n) is 3.86. The van der Waals surface area contributed by atoms with Gasteiger partial charge in [0.1, 0.15) is 5.82 Å². The van der Waals surface area contributed by atoms with Crippen LogP contribution in [0, 0.1) is 5.82 Å². The molecule has 0 amide bonds. The van der Waals surface area contributed by atoms with Crippen molar-refractivity contribution in [3.05, 3.63) is 35.6 Å². The Kier molecular flexibility index (Phi) is 4.12. The summed E-state index contributed by atoms with van der Waals surface area (Å²) in [6.07, 6.45) is 3.56. The van der Waals surface area contributed by atoms with Crippen molar-refractivity contribution < 1.29 is 9.18 Å². The normalized spacial score (nSPS) is 22.7. The van der Waals surface area contributed by atoms with Crippen LogP contribution in [0.3, 0.4) is 0 Å². The lowest BCUT2D eigenvalue weighted by Gasteiger charge is -2.37. The van der Waals surface area contributed by atoms with Gasteiger partial charge in [-0.2, -0.15) is 0 Å². The zero-order valence-corrected chi connectivity index (χ0v) is 11.0. The molecule has 1 aliphatic rings. The minimum atomic E-state index is -0.300. The molecule has 0 spiro atoms. The molecule has 2 unspecified atom stereocenters. The second kappa shape index (κ2) is 5.61. The van der Waals surface area contributed by atoms with E-state index in [1.54, 1.807) is 12.1 Å². The Bertz CT molecular complexity index is 415. The van der Waals surface area contributed by atoms with Crippen LogP contribution in [0.1, 0.15) is 43.5 Å². The number of halogens is 1. The first kappa shape index (κ1) is 13.2. The van der Waals surface area contributed by atoms with E-state index in [1.165, 1.54) is 18.6 Å². The van der Waals surface area contributed by atoms with Gasteiger partial charge >= 0.3 is 0 Å². The standard InChI is InChI=1S/C15H20FNO/c1-11-5-3-4-10-17(11)12(2)15(18)13-6-8-14(16)9-7-13/h6-9,11-12H,3-5,10H2,1-2H3. The van der Waals surface area contributed by atoms with Crippen molar-refractivity contribution >= 4 is 5.78 Å². The maximum absolute atomic E-state index is 12.8. The largest absolute Gasteiger partial charge is 0.292 e. The lowest BCUT2D eigenvalue weighted by molar-refractivity contribution is 0.0701. The summed E-state index contributed by atoms with van der Waals surface area (Å²) < 4.78 is 12.8. The Balaban J connectivity index is 2.10. The third kappa shape index (κ3) is 2.78. The Morgan fingerprint density at radius 1 is 1.33 bits per heavy atom. The molecule has 1 aromatic carbocycles. The Labute approximate surface area is 108 Å². The van der Waals surface area contributed by atoms with Crippen molar-refractivity contribution in [2.75, 3.05) is 6.54 Å². The molecular weight excluding hydrogens is 229 g/mol. The van der Waals surface area contributed by atoms with Crippen LogP contribution in [0.25, 0.3) is 0 Å². The Morgan fingerprint density at radius 3 is 2.61 bits per heavy atom. The molecule has 98 valence electrons. The number of piperidine rings is 1. The van der Waals surface area contributed by atoms with Crippen LogP contribution < -0.4 is 0 Å². The third-order valence-corrected chi connectivity index (χ3v) is 3.86. The Hall–Kier alpha value is -1.22. The maximum atomic E-state index is 12.8. The summed E-state index contributed by atoms with van der Waals surface area (Å²) in [6.45, 7) is 5.11. The van der Waals surface area contributed by atoms with Gasteiger partial charge < -0.3 is 0 Å². The molecule has 1 heterocycles. The van der Waals surface area contributed by atoms with Crippen LogP contribution in [0.15, 0.2) is 24.3 Å². The number of Topliss-reactive ketones (excluding diaryl/α,β-unsaturated/α-hetero) is 1. The minimum Gasteiger partial charge on any atom is -0.292 e. The highest BCUT2D eigenvalue weighted by Gasteiger charge is 2.28. The number of likely N-dealkylation sites (tertiary alicyclic amines) is 1. The van der Waals surface area contributed by atoms with Crippen LogP contribution in [-0.2, 0) is 0 Å². The monoisotopic (exact) mass is 249 g/mol. The van der Waals surface area contributed by atoms with E-state index in [4.69, 9.17) is 0 Å². The smallest absolute Gasteiger partial charge is 0.179 e. The van der Waals surface area contributed by atoms with Crippen LogP contribution in [0.4, 0.5) is 4.39 Å². The topological polar surface area (TPSA) is 20.3 Å². The number of ketones is 1. The van der Waals surface area contributed by atoms with Gasteiger partial charge in [0, 0.05) is 11.6 Å². The van der Waals surface area contributed by atoms with Crippen molar-refractivity contribution in [1.29, 1.82) is 0 Å². The molecular formula is C15H20FNO. The molecule has 2 atom stereocenters. The van der Waals surface area contributed by atoms with Crippen molar-refractivity contribution in [2.24, 2.45) is 0 Å². The fraction of sp³-hybridized carbons (Fsp3) is 0.533. The first-order chi connectivity index (χ1) is 8.59. The van der Waals surface area contributed by atoms with Gasteiger partial charge in [-0.15, -0.1) is 0 Å². The van der Waals surface area contributed by atoms with Crippen molar-refractivity contribution in [1.82, 2.24) is 4.90 Å². The molecule has 0 N–H and O–H groups in total. The van der Waals surface area contributed by atoms with Gasteiger partial charge in [-0.1, -0.05) is 6.42 Å². The van der Waals surface area contributed by atoms with Crippen LogP contribution in [0.5, 0.6) is 0 Å². The molecule has 0 saturated carbocycles. The van der Waals surface area contributed by atoms with E-state index in [1.807, 2.05) is 6.92 Å². The first-order valence-corrected chi connectivity index (χ1v) is 6.65. The number of carbonyl (C=O) groups excluding carboxylic acids is 1. The zero-order chi connectivity index (χ0) is 13.1. The molecule has 1 aromatic rings. The van der Waals surface area contributed by atoms with Crippen LogP contribution in [0.2, 0.25) is 0 Å². The molecule has 2 rings (SSSR count). The molecule has 1 fully saturated rings. The fourth-order valence-electron chi connectivity index (χ4n) is 2.70. The predicted molar refractivity (Wildman–Crippen MR) is 70.2 cm³/mol. The minimum absolute atomic E-state index is 0.0868. The summed E-state index contributed by atoms with van der Waals surface area (Å²) in [4.78, 5) is 14.6. The second-order valence-corrected chi connectivity index (χ2v) is 5.13. The van der Waals surface area contributed by atoms with Gasteiger partial charge in [0.25, 0.3) is 0 Å². The maximum Gasteiger partial charge on any atom is 0.179 e. The van der Waals surface area contributed by atoms with Crippen LogP contribution >= 0.6 is 0 Å². The second-order valence-electron chi connectivity index (χ2n) is 5.13. The van der Waals surface area contributed by atoms with Gasteiger partial charge in [-0.25, -0.2) is 4.39 Å². The SMILES string of the molecule is CC1CCCCN1C(C)C(=O)c1ccc(F)cc1. The van der Waals surface area contributed by atoms with Crippen molar-refractivity contribution in [3.8, 4) is 0 Å². The van der Waals surface area contributed by atoms with E-state index < -0.39 is 0 Å². The summed E-state index contributed by atoms with van der Waals surface area (Å²) in [5, 5.41) is 0. The fourth-order valence-corrected chi connectivity index (χ4v) is 2.70. The average Bonchev–Trinajstić information content (AvgIpc) is 2.38. The number of hydrogen-bond acceptors (Lipinski definition) is 2. The molecule has 2 nitrogen and oxygen atoms in total. The summed E-state index contributed by atoms with van der Waals surface area (Å²) in [5.74, 6) is -0.214. The van der Waals surface area contributed by atoms with Crippen molar-refractivity contribution in [2.45, 2.75) is 45.2 Å². The lowest BCUT2D eigenvalue weighted by Crippen LogP contribution is -2.47.